The van der Waals surface area contributed by atoms with E-state index in [2.05, 4.69) is 15.3 Å². The molecule has 3 aromatic rings. The summed E-state index contributed by atoms with van der Waals surface area (Å²) in [5.74, 6) is -0.0820. The summed E-state index contributed by atoms with van der Waals surface area (Å²) in [5.41, 5.74) is 8.97. The number of imidazole rings is 1. The van der Waals surface area contributed by atoms with Gasteiger partial charge in [0.2, 0.25) is 5.91 Å². The molecule has 2 unspecified atom stereocenters. The van der Waals surface area contributed by atoms with Gasteiger partial charge in [0.15, 0.2) is 5.16 Å². The van der Waals surface area contributed by atoms with E-state index in [1.54, 1.807) is 23.9 Å². The molecule has 7 heteroatoms. The number of para-hydroxylation sites is 2. The number of hydrogen-bond donors (Lipinski definition) is 3. The molecule has 4 N–H and O–H groups in total. The zero-order valence-corrected chi connectivity index (χ0v) is 16.8. The Balaban J connectivity index is 1.60. The molecule has 0 radical (unpaired) electrons. The Hall–Kier alpha value is -2.80. The molecule has 0 bridgehead atoms. The van der Waals surface area contributed by atoms with E-state index in [9.17, 15) is 9.59 Å². The Morgan fingerprint density at radius 1 is 1.18 bits per heavy atom. The van der Waals surface area contributed by atoms with Crippen molar-refractivity contribution in [2.45, 2.75) is 37.2 Å². The predicted octanol–water partition coefficient (Wildman–Crippen LogP) is 3.49. The van der Waals surface area contributed by atoms with Crippen molar-refractivity contribution >= 4 is 34.6 Å². The lowest BCUT2D eigenvalue weighted by Gasteiger charge is -2.21. The second-order valence-corrected chi connectivity index (χ2v) is 7.75. The molecule has 0 saturated heterocycles. The number of benzene rings is 2. The predicted molar refractivity (Wildman–Crippen MR) is 112 cm³/mol. The number of rotatable bonds is 8. The largest absolute Gasteiger partial charge is 0.368 e. The highest BCUT2D eigenvalue weighted by molar-refractivity contribution is 7.98. The third-order valence-corrected chi connectivity index (χ3v) is 5.71. The number of primary amides is 1. The number of aromatic amines is 1. The molecule has 0 aliphatic carbocycles. The van der Waals surface area contributed by atoms with Crippen LogP contribution in [0.4, 0.5) is 0 Å². The number of fused-ring (bicyclic) bond motifs is 1. The molecule has 0 fully saturated rings. The molecule has 146 valence electrons. The molecule has 2 atom stereocenters. The second-order valence-electron chi connectivity index (χ2n) is 6.78. The number of nitrogens with two attached hydrogens (primary N) is 1. The van der Waals surface area contributed by atoms with Gasteiger partial charge in [0.1, 0.15) is 6.04 Å². The van der Waals surface area contributed by atoms with Crippen molar-refractivity contribution in [1.82, 2.24) is 15.3 Å². The molecule has 2 amide bonds. The Morgan fingerprint density at radius 2 is 1.89 bits per heavy atom. The number of thioether (sulfide) groups is 1. The standard InChI is InChI=1S/C21H24N4O2S/c1-3-13(2)18(19(22)26)25-20(27)15-10-8-14(9-11-15)12-28-21-23-16-6-4-5-7-17(16)24-21/h4-11,13,18H,3,12H2,1-2H3,(H2,22,26)(H,23,24)(H,25,27). The lowest BCUT2D eigenvalue weighted by atomic mass is 9.98. The first-order chi connectivity index (χ1) is 13.5. The van der Waals surface area contributed by atoms with Gasteiger partial charge in [-0.1, -0.05) is 56.3 Å². The van der Waals surface area contributed by atoms with E-state index in [1.807, 2.05) is 50.2 Å². The van der Waals surface area contributed by atoms with Crippen LogP contribution >= 0.6 is 11.8 Å². The summed E-state index contributed by atoms with van der Waals surface area (Å²) in [6, 6.07) is 14.6. The summed E-state index contributed by atoms with van der Waals surface area (Å²) in [7, 11) is 0. The van der Waals surface area contributed by atoms with Gasteiger partial charge in [-0.3, -0.25) is 9.59 Å². The van der Waals surface area contributed by atoms with Crippen LogP contribution in [-0.4, -0.2) is 27.8 Å². The first-order valence-electron chi connectivity index (χ1n) is 9.24. The highest BCUT2D eigenvalue weighted by Crippen LogP contribution is 2.23. The summed E-state index contributed by atoms with van der Waals surface area (Å²) in [5, 5.41) is 3.60. The van der Waals surface area contributed by atoms with Gasteiger partial charge in [0, 0.05) is 11.3 Å². The minimum absolute atomic E-state index is 0.0130. The average Bonchev–Trinajstić information content (AvgIpc) is 3.13. The van der Waals surface area contributed by atoms with Crippen molar-refractivity contribution < 1.29 is 9.59 Å². The smallest absolute Gasteiger partial charge is 0.251 e. The van der Waals surface area contributed by atoms with Crippen LogP contribution < -0.4 is 11.1 Å². The molecular formula is C21H24N4O2S. The number of aromatic nitrogens is 2. The van der Waals surface area contributed by atoms with E-state index in [0.717, 1.165) is 33.9 Å². The van der Waals surface area contributed by atoms with Crippen LogP contribution in [0, 0.1) is 5.92 Å². The molecule has 6 nitrogen and oxygen atoms in total. The lowest BCUT2D eigenvalue weighted by molar-refractivity contribution is -0.120. The van der Waals surface area contributed by atoms with Crippen LogP contribution in [0.1, 0.15) is 36.2 Å². The Labute approximate surface area is 168 Å². The second kappa shape index (κ2) is 8.93. The fourth-order valence-corrected chi connectivity index (χ4v) is 3.70. The Bertz CT molecular complexity index is 935. The van der Waals surface area contributed by atoms with Crippen molar-refractivity contribution in [2.75, 3.05) is 0 Å². The summed E-state index contributed by atoms with van der Waals surface area (Å²) in [4.78, 5) is 31.9. The summed E-state index contributed by atoms with van der Waals surface area (Å²) >= 11 is 1.61. The first kappa shape index (κ1) is 19.9. The topological polar surface area (TPSA) is 101 Å². The zero-order chi connectivity index (χ0) is 20.1. The molecule has 3 rings (SSSR count). The van der Waals surface area contributed by atoms with E-state index in [-0.39, 0.29) is 11.8 Å². The maximum Gasteiger partial charge on any atom is 0.251 e. The molecule has 0 saturated carbocycles. The van der Waals surface area contributed by atoms with Crippen LogP contribution in [0.5, 0.6) is 0 Å². The van der Waals surface area contributed by atoms with Crippen LogP contribution in [0.3, 0.4) is 0 Å². The van der Waals surface area contributed by atoms with Crippen LogP contribution in [0.25, 0.3) is 11.0 Å². The SMILES string of the molecule is CCC(C)C(NC(=O)c1ccc(CSc2nc3ccccc3[nH]2)cc1)C(N)=O. The number of H-pyrrole nitrogens is 1. The van der Waals surface area contributed by atoms with Crippen molar-refractivity contribution in [1.29, 1.82) is 0 Å². The summed E-state index contributed by atoms with van der Waals surface area (Å²) in [6.45, 7) is 3.86. The molecule has 2 aromatic carbocycles. The quantitative estimate of drug-likeness (QED) is 0.507. The van der Waals surface area contributed by atoms with E-state index in [1.165, 1.54) is 0 Å². The fraction of sp³-hybridized carbons (Fsp3) is 0.286. The molecule has 0 aliphatic heterocycles. The minimum atomic E-state index is -0.666. The molecule has 28 heavy (non-hydrogen) atoms. The lowest BCUT2D eigenvalue weighted by Crippen LogP contribution is -2.48. The van der Waals surface area contributed by atoms with Crippen LogP contribution in [0.2, 0.25) is 0 Å². The van der Waals surface area contributed by atoms with Crippen LogP contribution in [0.15, 0.2) is 53.7 Å². The van der Waals surface area contributed by atoms with Gasteiger partial charge in [0.25, 0.3) is 5.91 Å². The van der Waals surface area contributed by atoms with Gasteiger partial charge >= 0.3 is 0 Å². The maximum atomic E-state index is 12.4. The van der Waals surface area contributed by atoms with Crippen molar-refractivity contribution in [3.63, 3.8) is 0 Å². The third-order valence-electron chi connectivity index (χ3n) is 4.77. The fourth-order valence-electron chi connectivity index (χ4n) is 2.86. The van der Waals surface area contributed by atoms with Crippen molar-refractivity contribution in [2.24, 2.45) is 11.7 Å². The van der Waals surface area contributed by atoms with Gasteiger partial charge in [-0.05, 0) is 35.7 Å². The number of hydrogen-bond acceptors (Lipinski definition) is 4. The highest BCUT2D eigenvalue weighted by Gasteiger charge is 2.24. The van der Waals surface area contributed by atoms with E-state index >= 15 is 0 Å². The number of amides is 2. The maximum absolute atomic E-state index is 12.4. The van der Waals surface area contributed by atoms with Gasteiger partial charge in [0.05, 0.1) is 11.0 Å². The third kappa shape index (κ3) is 4.72. The summed E-state index contributed by atoms with van der Waals surface area (Å²) < 4.78 is 0. The van der Waals surface area contributed by atoms with E-state index in [0.29, 0.717) is 5.56 Å². The number of nitrogens with zero attached hydrogens (tertiary/aromatic N) is 1. The number of nitrogens with one attached hydrogen (secondary N) is 2. The van der Waals surface area contributed by atoms with Gasteiger partial charge in [-0.25, -0.2) is 4.98 Å². The molecule has 1 aromatic heterocycles. The Kier molecular flexibility index (Phi) is 6.36. The monoisotopic (exact) mass is 396 g/mol. The average molecular weight is 397 g/mol. The highest BCUT2D eigenvalue weighted by atomic mass is 32.2. The van der Waals surface area contributed by atoms with Gasteiger partial charge in [-0.15, -0.1) is 0 Å². The summed E-state index contributed by atoms with van der Waals surface area (Å²) in [6.07, 6.45) is 0.756. The van der Waals surface area contributed by atoms with Crippen molar-refractivity contribution in [3.8, 4) is 0 Å². The van der Waals surface area contributed by atoms with E-state index in [4.69, 9.17) is 5.73 Å². The first-order valence-corrected chi connectivity index (χ1v) is 10.2. The number of carbonyl (C=O) groups is 2. The van der Waals surface area contributed by atoms with Gasteiger partial charge in [-0.2, -0.15) is 0 Å². The molecular weight excluding hydrogens is 372 g/mol. The minimum Gasteiger partial charge on any atom is -0.368 e. The normalized spacial score (nSPS) is 13.2. The Morgan fingerprint density at radius 3 is 2.54 bits per heavy atom. The molecule has 0 spiro atoms. The van der Waals surface area contributed by atoms with E-state index < -0.39 is 11.9 Å². The molecule has 0 aliphatic rings. The van der Waals surface area contributed by atoms with Crippen LogP contribution in [-0.2, 0) is 10.5 Å². The van der Waals surface area contributed by atoms with Gasteiger partial charge < -0.3 is 16.0 Å². The zero-order valence-electron chi connectivity index (χ0n) is 15.9. The number of carbonyl (C=O) groups excluding carboxylic acids is 2. The molecule has 1 heterocycles. The van der Waals surface area contributed by atoms with Crippen molar-refractivity contribution in [3.05, 3.63) is 59.7 Å².